The van der Waals surface area contributed by atoms with Crippen LogP contribution in [0.1, 0.15) is 51.0 Å². The Hall–Kier alpha value is -3.11. The van der Waals surface area contributed by atoms with Gasteiger partial charge in [-0.15, -0.1) is 0 Å². The molecule has 0 radical (unpaired) electrons. The molecule has 0 spiro atoms. The molecule has 0 bridgehead atoms. The number of ether oxygens (including phenoxy) is 5. The maximum atomic E-state index is 14.3. The van der Waals surface area contributed by atoms with Crippen LogP contribution in [-0.2, 0) is 35.0 Å². The Labute approximate surface area is 248 Å². The van der Waals surface area contributed by atoms with E-state index < -0.39 is 23.4 Å². The van der Waals surface area contributed by atoms with Gasteiger partial charge in [0.2, 0.25) is 11.8 Å². The van der Waals surface area contributed by atoms with Gasteiger partial charge >= 0.3 is 5.97 Å². The SMILES string of the molecule is COC(=O)[C@@]12C[C@H](CC(=O)N3CCOCC3)C(=O)N(CCc3ccc(OC)c(OC)c3)C1=C[C@@H](C1CCCC1)O[C@H]2C. The number of amides is 2. The van der Waals surface area contributed by atoms with Crippen LogP contribution < -0.4 is 9.47 Å². The lowest BCUT2D eigenvalue weighted by molar-refractivity contribution is -0.178. The molecule has 1 aromatic rings. The topological polar surface area (TPSA) is 104 Å². The molecule has 10 nitrogen and oxygen atoms in total. The van der Waals surface area contributed by atoms with Gasteiger partial charge in [0, 0.05) is 37.7 Å². The molecule has 5 rings (SSSR count). The van der Waals surface area contributed by atoms with Gasteiger partial charge in [0.1, 0.15) is 5.41 Å². The number of hydrogen-bond donors (Lipinski definition) is 0. The lowest BCUT2D eigenvalue weighted by atomic mass is 9.66. The van der Waals surface area contributed by atoms with E-state index in [1.54, 1.807) is 24.0 Å². The predicted molar refractivity (Wildman–Crippen MR) is 154 cm³/mol. The van der Waals surface area contributed by atoms with Crippen LogP contribution in [0.3, 0.4) is 0 Å². The maximum absolute atomic E-state index is 14.3. The van der Waals surface area contributed by atoms with Crippen molar-refractivity contribution in [2.45, 2.75) is 64.1 Å². The first kappa shape index (κ1) is 30.4. The average Bonchev–Trinajstić information content (AvgIpc) is 3.56. The molecule has 1 aromatic carbocycles. The highest BCUT2D eigenvalue weighted by Crippen LogP contribution is 2.52. The first-order valence-corrected chi connectivity index (χ1v) is 15.2. The number of rotatable bonds is 9. The predicted octanol–water partition coefficient (Wildman–Crippen LogP) is 3.36. The quantitative estimate of drug-likeness (QED) is 0.407. The Morgan fingerprint density at radius 2 is 1.76 bits per heavy atom. The number of nitrogens with zero attached hydrogens (tertiary/aromatic N) is 2. The molecule has 1 aliphatic carbocycles. The fourth-order valence-corrected chi connectivity index (χ4v) is 7.21. The summed E-state index contributed by atoms with van der Waals surface area (Å²) in [6.45, 7) is 4.21. The number of morpholine rings is 1. The number of benzene rings is 1. The van der Waals surface area contributed by atoms with E-state index in [-0.39, 0.29) is 30.8 Å². The molecule has 0 N–H and O–H groups in total. The molecular formula is C32H44N2O8. The molecule has 2 amide bonds. The molecule has 230 valence electrons. The highest BCUT2D eigenvalue weighted by Gasteiger charge is 2.60. The summed E-state index contributed by atoms with van der Waals surface area (Å²) in [5.41, 5.74) is 0.430. The minimum Gasteiger partial charge on any atom is -0.493 e. The summed E-state index contributed by atoms with van der Waals surface area (Å²) in [6.07, 6.45) is 6.45. The first-order chi connectivity index (χ1) is 20.3. The summed E-state index contributed by atoms with van der Waals surface area (Å²) in [4.78, 5) is 44.9. The van der Waals surface area contributed by atoms with E-state index in [0.29, 0.717) is 62.4 Å². The molecular weight excluding hydrogens is 540 g/mol. The molecule has 3 heterocycles. The molecule has 1 saturated carbocycles. The van der Waals surface area contributed by atoms with Gasteiger partial charge in [0.15, 0.2) is 11.5 Å². The highest BCUT2D eigenvalue weighted by molar-refractivity contribution is 5.92. The van der Waals surface area contributed by atoms with Gasteiger partial charge in [-0.2, -0.15) is 0 Å². The Morgan fingerprint density at radius 3 is 2.43 bits per heavy atom. The van der Waals surface area contributed by atoms with E-state index in [1.807, 2.05) is 31.2 Å². The monoisotopic (exact) mass is 584 g/mol. The summed E-state index contributed by atoms with van der Waals surface area (Å²) < 4.78 is 28.3. The second-order valence-corrected chi connectivity index (χ2v) is 11.8. The van der Waals surface area contributed by atoms with Crippen LogP contribution in [0.15, 0.2) is 30.0 Å². The van der Waals surface area contributed by atoms with E-state index >= 15 is 0 Å². The number of carbonyl (C=O) groups is 3. The maximum Gasteiger partial charge on any atom is 0.320 e. The summed E-state index contributed by atoms with van der Waals surface area (Å²) in [7, 11) is 4.56. The summed E-state index contributed by atoms with van der Waals surface area (Å²) in [6, 6.07) is 5.70. The zero-order chi connectivity index (χ0) is 29.9. The van der Waals surface area contributed by atoms with Crippen molar-refractivity contribution in [3.05, 3.63) is 35.5 Å². The number of piperidine rings is 1. The zero-order valence-electron chi connectivity index (χ0n) is 25.3. The Morgan fingerprint density at radius 1 is 1.05 bits per heavy atom. The van der Waals surface area contributed by atoms with Crippen molar-refractivity contribution in [2.24, 2.45) is 17.3 Å². The smallest absolute Gasteiger partial charge is 0.320 e. The van der Waals surface area contributed by atoms with Crippen LogP contribution in [0.4, 0.5) is 0 Å². The number of esters is 1. The number of likely N-dealkylation sites (tertiary alicyclic amines) is 1. The van der Waals surface area contributed by atoms with Gasteiger partial charge < -0.3 is 33.5 Å². The van der Waals surface area contributed by atoms with E-state index in [1.165, 1.54) is 7.11 Å². The molecule has 42 heavy (non-hydrogen) atoms. The molecule has 3 fully saturated rings. The molecule has 10 heteroatoms. The van der Waals surface area contributed by atoms with Gasteiger partial charge in [-0.3, -0.25) is 14.4 Å². The second kappa shape index (κ2) is 13.0. The van der Waals surface area contributed by atoms with E-state index in [0.717, 1.165) is 31.2 Å². The van der Waals surface area contributed by atoms with Gasteiger partial charge in [-0.05, 0) is 62.3 Å². The second-order valence-electron chi connectivity index (χ2n) is 11.8. The fourth-order valence-electron chi connectivity index (χ4n) is 7.21. The first-order valence-electron chi connectivity index (χ1n) is 15.2. The molecule has 3 aliphatic heterocycles. The molecule has 0 aromatic heterocycles. The number of methoxy groups -OCH3 is 3. The standard InChI is InChI=1S/C32H44N2O8/c1-21-32(31(37)40-4)20-24(18-29(35)33-13-15-41-16-14-33)30(36)34(28(32)19-26(42-21)23-7-5-6-8-23)12-11-22-9-10-25(38-2)27(17-22)39-3/h9-10,17,19,21,23-24,26H,5-8,11-16,18,20H2,1-4H3/t21-,24-,26-,32+/m0/s1. The zero-order valence-corrected chi connectivity index (χ0v) is 25.3. The van der Waals surface area contributed by atoms with Crippen LogP contribution in [0.2, 0.25) is 0 Å². The van der Waals surface area contributed by atoms with E-state index in [2.05, 4.69) is 0 Å². The van der Waals surface area contributed by atoms with Crippen LogP contribution in [0, 0.1) is 17.3 Å². The lowest BCUT2D eigenvalue weighted by Gasteiger charge is -2.52. The molecule has 4 aliphatic rings. The minimum atomic E-state index is -1.19. The number of carbonyl (C=O) groups excluding carboxylic acids is 3. The largest absolute Gasteiger partial charge is 0.493 e. The van der Waals surface area contributed by atoms with Crippen LogP contribution in [0.5, 0.6) is 11.5 Å². The third-order valence-corrected chi connectivity index (χ3v) is 9.58. The summed E-state index contributed by atoms with van der Waals surface area (Å²) >= 11 is 0. The Balaban J connectivity index is 1.50. The average molecular weight is 585 g/mol. The van der Waals surface area contributed by atoms with E-state index in [9.17, 15) is 14.4 Å². The van der Waals surface area contributed by atoms with E-state index in [4.69, 9.17) is 23.7 Å². The Bertz CT molecular complexity index is 1190. The fraction of sp³-hybridized carbons (Fsp3) is 0.656. The summed E-state index contributed by atoms with van der Waals surface area (Å²) in [5, 5.41) is 0. The van der Waals surface area contributed by atoms with Gasteiger partial charge in [0.05, 0.1) is 46.8 Å². The third kappa shape index (κ3) is 5.75. The van der Waals surface area contributed by atoms with Crippen molar-refractivity contribution in [3.8, 4) is 11.5 Å². The summed E-state index contributed by atoms with van der Waals surface area (Å²) in [5.74, 6) is 0.230. The van der Waals surface area contributed by atoms with Crippen molar-refractivity contribution in [2.75, 3.05) is 54.2 Å². The molecule has 4 atom stereocenters. The van der Waals surface area contributed by atoms with Crippen molar-refractivity contribution in [1.82, 2.24) is 9.80 Å². The minimum absolute atomic E-state index is 0.0243. The van der Waals surface area contributed by atoms with Crippen LogP contribution in [-0.4, -0.2) is 94.0 Å². The highest BCUT2D eigenvalue weighted by atomic mass is 16.5. The van der Waals surface area contributed by atoms with Crippen LogP contribution in [0.25, 0.3) is 0 Å². The van der Waals surface area contributed by atoms with Crippen molar-refractivity contribution in [1.29, 1.82) is 0 Å². The van der Waals surface area contributed by atoms with Gasteiger partial charge in [-0.1, -0.05) is 18.9 Å². The van der Waals surface area contributed by atoms with Crippen LogP contribution >= 0.6 is 0 Å². The lowest BCUT2D eigenvalue weighted by Crippen LogP contribution is -2.61. The normalized spacial score (nSPS) is 28.2. The van der Waals surface area contributed by atoms with Crippen molar-refractivity contribution in [3.63, 3.8) is 0 Å². The van der Waals surface area contributed by atoms with Gasteiger partial charge in [-0.25, -0.2) is 0 Å². The molecule has 2 saturated heterocycles. The Kier molecular flexibility index (Phi) is 9.42. The molecule has 0 unspecified atom stereocenters. The number of fused-ring (bicyclic) bond motifs is 1. The van der Waals surface area contributed by atoms with Crippen molar-refractivity contribution >= 4 is 17.8 Å². The third-order valence-electron chi connectivity index (χ3n) is 9.58. The number of hydrogen-bond acceptors (Lipinski definition) is 8. The van der Waals surface area contributed by atoms with Crippen molar-refractivity contribution < 1.29 is 38.1 Å². The van der Waals surface area contributed by atoms with Gasteiger partial charge in [0.25, 0.3) is 0 Å².